The molecular weight excluding hydrogens is 350 g/mol. The number of rotatable bonds is 5. The van der Waals surface area contributed by atoms with Crippen molar-refractivity contribution in [3.63, 3.8) is 0 Å². The van der Waals surface area contributed by atoms with Gasteiger partial charge < -0.3 is 21.3 Å². The zero-order valence-electron chi connectivity index (χ0n) is 15.5. The van der Waals surface area contributed by atoms with Crippen LogP contribution in [0, 0.1) is 0 Å². The number of nitrogens with zero attached hydrogens (tertiary/aromatic N) is 2. The van der Waals surface area contributed by atoms with E-state index in [0.29, 0.717) is 23.0 Å². The number of anilines is 4. The Hall–Kier alpha value is -3.54. The van der Waals surface area contributed by atoms with Crippen molar-refractivity contribution in [3.8, 4) is 0 Å². The van der Waals surface area contributed by atoms with Crippen molar-refractivity contribution in [1.82, 2.24) is 4.98 Å². The van der Waals surface area contributed by atoms with Gasteiger partial charge in [0.2, 0.25) is 0 Å². The molecule has 1 aliphatic rings. The summed E-state index contributed by atoms with van der Waals surface area (Å²) in [6, 6.07) is 19.3. The van der Waals surface area contributed by atoms with Crippen molar-refractivity contribution >= 4 is 28.7 Å². The Morgan fingerprint density at radius 3 is 2.54 bits per heavy atom. The van der Waals surface area contributed by atoms with Crippen LogP contribution >= 0.6 is 0 Å². The first-order chi connectivity index (χ1) is 13.7. The summed E-state index contributed by atoms with van der Waals surface area (Å²) in [5.41, 5.74) is 9.89. The van der Waals surface area contributed by atoms with E-state index in [1.54, 1.807) is 24.5 Å². The third-order valence-corrected chi connectivity index (χ3v) is 4.94. The van der Waals surface area contributed by atoms with Crippen LogP contribution in [-0.4, -0.2) is 30.0 Å². The topological polar surface area (TPSA) is 83.3 Å². The van der Waals surface area contributed by atoms with E-state index in [1.807, 2.05) is 48.5 Å². The van der Waals surface area contributed by atoms with E-state index in [9.17, 15) is 4.79 Å². The summed E-state index contributed by atoms with van der Waals surface area (Å²) in [5, 5.41) is 6.40. The summed E-state index contributed by atoms with van der Waals surface area (Å²) in [4.78, 5) is 18.8. The first-order valence-electron chi connectivity index (χ1n) is 9.36. The molecule has 6 nitrogen and oxygen atoms in total. The maximum absolute atomic E-state index is 12.5. The number of carbonyl (C=O) groups excluding carboxylic acids is 1. The Bertz CT molecular complexity index is 943. The summed E-state index contributed by atoms with van der Waals surface area (Å²) < 4.78 is 0. The van der Waals surface area contributed by atoms with E-state index < -0.39 is 0 Å². The van der Waals surface area contributed by atoms with Gasteiger partial charge in [-0.05, 0) is 55.0 Å². The molecule has 142 valence electrons. The number of nitrogen functional groups attached to an aromatic ring is 1. The molecule has 1 fully saturated rings. The number of para-hydroxylation sites is 2. The highest BCUT2D eigenvalue weighted by Crippen LogP contribution is 2.24. The van der Waals surface area contributed by atoms with E-state index in [1.165, 1.54) is 0 Å². The van der Waals surface area contributed by atoms with Gasteiger partial charge in [0.15, 0.2) is 0 Å². The minimum atomic E-state index is -0.164. The number of nitrogens with one attached hydrogen (secondary N) is 2. The number of hydrogen-bond acceptors (Lipinski definition) is 5. The molecule has 1 aliphatic heterocycles. The van der Waals surface area contributed by atoms with Gasteiger partial charge in [-0.3, -0.25) is 9.78 Å². The minimum Gasteiger partial charge on any atom is -0.397 e. The molecule has 1 unspecified atom stereocenters. The van der Waals surface area contributed by atoms with Crippen LogP contribution in [0.1, 0.15) is 16.8 Å². The minimum absolute atomic E-state index is 0.164. The van der Waals surface area contributed by atoms with Crippen LogP contribution in [0.4, 0.5) is 22.7 Å². The van der Waals surface area contributed by atoms with Gasteiger partial charge in [0.05, 0.1) is 11.4 Å². The van der Waals surface area contributed by atoms with E-state index in [2.05, 4.69) is 20.5 Å². The number of nitrogens with two attached hydrogens (primary N) is 1. The standard InChI is InChI=1S/C22H23N5O/c23-20-3-1-2-4-21(20)26-22(28)16-5-7-19(8-6-16)27-14-11-18(15-27)25-17-9-12-24-13-10-17/h1-10,12-13,18H,11,14-15,23H2,(H,24,25)(H,26,28). The molecule has 0 saturated carbocycles. The van der Waals surface area contributed by atoms with Crippen LogP contribution in [0.2, 0.25) is 0 Å². The number of hydrogen-bond donors (Lipinski definition) is 3. The molecule has 2 heterocycles. The van der Waals surface area contributed by atoms with Gasteiger partial charge in [-0.2, -0.15) is 0 Å². The highest BCUT2D eigenvalue weighted by atomic mass is 16.1. The van der Waals surface area contributed by atoms with Gasteiger partial charge in [-0.25, -0.2) is 0 Å². The van der Waals surface area contributed by atoms with Crippen molar-refractivity contribution in [2.75, 3.05) is 34.4 Å². The Kier molecular flexibility index (Phi) is 5.10. The fraction of sp³-hybridized carbons (Fsp3) is 0.182. The van der Waals surface area contributed by atoms with Crippen LogP contribution in [0.5, 0.6) is 0 Å². The normalized spacial score (nSPS) is 16.0. The number of carbonyl (C=O) groups is 1. The number of benzene rings is 2. The van der Waals surface area contributed by atoms with Crippen molar-refractivity contribution in [3.05, 3.63) is 78.6 Å². The summed E-state index contributed by atoms with van der Waals surface area (Å²) in [6.45, 7) is 1.91. The average Bonchev–Trinajstić information content (AvgIpc) is 3.19. The highest BCUT2D eigenvalue weighted by Gasteiger charge is 2.22. The molecule has 3 aromatic rings. The highest BCUT2D eigenvalue weighted by molar-refractivity contribution is 6.05. The fourth-order valence-corrected chi connectivity index (χ4v) is 3.43. The Morgan fingerprint density at radius 2 is 1.79 bits per heavy atom. The van der Waals surface area contributed by atoms with E-state index in [0.717, 1.165) is 30.9 Å². The van der Waals surface area contributed by atoms with Crippen LogP contribution in [-0.2, 0) is 0 Å². The molecule has 6 heteroatoms. The Balaban J connectivity index is 1.37. The molecule has 0 aliphatic carbocycles. The largest absolute Gasteiger partial charge is 0.397 e. The lowest BCUT2D eigenvalue weighted by Gasteiger charge is -2.20. The molecule has 0 spiro atoms. The predicted octanol–water partition coefficient (Wildman–Crippen LogP) is 3.61. The van der Waals surface area contributed by atoms with Crippen LogP contribution in [0.25, 0.3) is 0 Å². The second-order valence-corrected chi connectivity index (χ2v) is 6.90. The average molecular weight is 373 g/mol. The molecule has 4 rings (SSSR count). The van der Waals surface area contributed by atoms with Crippen molar-refractivity contribution < 1.29 is 4.79 Å². The van der Waals surface area contributed by atoms with Crippen LogP contribution in [0.15, 0.2) is 73.1 Å². The monoisotopic (exact) mass is 373 g/mol. The van der Waals surface area contributed by atoms with Gasteiger partial charge in [0.25, 0.3) is 5.91 Å². The smallest absolute Gasteiger partial charge is 0.255 e. The van der Waals surface area contributed by atoms with Crippen molar-refractivity contribution in [2.45, 2.75) is 12.5 Å². The maximum Gasteiger partial charge on any atom is 0.255 e. The zero-order valence-corrected chi connectivity index (χ0v) is 15.5. The van der Waals surface area contributed by atoms with Gasteiger partial charge in [-0.1, -0.05) is 12.1 Å². The summed E-state index contributed by atoms with van der Waals surface area (Å²) in [5.74, 6) is -0.164. The number of amides is 1. The molecule has 0 radical (unpaired) electrons. The summed E-state index contributed by atoms with van der Waals surface area (Å²) >= 11 is 0. The van der Waals surface area contributed by atoms with Gasteiger partial charge in [0, 0.05) is 48.5 Å². The zero-order chi connectivity index (χ0) is 19.3. The summed E-state index contributed by atoms with van der Waals surface area (Å²) in [6.07, 6.45) is 4.65. The molecular formula is C22H23N5O. The van der Waals surface area contributed by atoms with Crippen molar-refractivity contribution in [1.29, 1.82) is 0 Å². The molecule has 0 bridgehead atoms. The van der Waals surface area contributed by atoms with Crippen LogP contribution < -0.4 is 21.3 Å². The third kappa shape index (κ3) is 4.06. The van der Waals surface area contributed by atoms with Gasteiger partial charge >= 0.3 is 0 Å². The molecule has 1 atom stereocenters. The predicted molar refractivity (Wildman–Crippen MR) is 114 cm³/mol. The van der Waals surface area contributed by atoms with Crippen molar-refractivity contribution in [2.24, 2.45) is 0 Å². The lowest BCUT2D eigenvalue weighted by atomic mass is 10.1. The van der Waals surface area contributed by atoms with E-state index >= 15 is 0 Å². The lowest BCUT2D eigenvalue weighted by molar-refractivity contribution is 0.102. The first kappa shape index (κ1) is 17.9. The maximum atomic E-state index is 12.5. The molecule has 1 aromatic heterocycles. The second-order valence-electron chi connectivity index (χ2n) is 6.90. The fourth-order valence-electron chi connectivity index (χ4n) is 3.43. The Labute approximate surface area is 164 Å². The lowest BCUT2D eigenvalue weighted by Crippen LogP contribution is -2.26. The number of pyridine rings is 1. The summed E-state index contributed by atoms with van der Waals surface area (Å²) in [7, 11) is 0. The van der Waals surface area contributed by atoms with Gasteiger partial charge in [0.1, 0.15) is 0 Å². The van der Waals surface area contributed by atoms with Gasteiger partial charge in [-0.15, -0.1) is 0 Å². The van der Waals surface area contributed by atoms with E-state index in [4.69, 9.17) is 5.73 Å². The quantitative estimate of drug-likeness (QED) is 0.595. The Morgan fingerprint density at radius 1 is 1.04 bits per heavy atom. The molecule has 1 amide bonds. The first-order valence-corrected chi connectivity index (χ1v) is 9.36. The second kappa shape index (κ2) is 8.00. The van der Waals surface area contributed by atoms with E-state index in [-0.39, 0.29) is 5.91 Å². The molecule has 1 saturated heterocycles. The van der Waals surface area contributed by atoms with Crippen LogP contribution in [0.3, 0.4) is 0 Å². The number of aromatic nitrogens is 1. The molecule has 28 heavy (non-hydrogen) atoms. The molecule has 2 aromatic carbocycles. The third-order valence-electron chi connectivity index (χ3n) is 4.94. The molecule has 4 N–H and O–H groups in total. The SMILES string of the molecule is Nc1ccccc1NC(=O)c1ccc(N2CCC(Nc3ccncc3)C2)cc1.